The Morgan fingerprint density at radius 1 is 1.33 bits per heavy atom. The average Bonchev–Trinajstić information content (AvgIpc) is 2.44. The predicted octanol–water partition coefficient (Wildman–Crippen LogP) is 0.964. The second-order valence-electron chi connectivity index (χ2n) is 7.00. The lowest BCUT2D eigenvalue weighted by molar-refractivity contribution is -0.0525. The molecule has 0 radical (unpaired) electrons. The molecule has 104 valence electrons. The standard InChI is InChI=1S/C14H29BN2O/c1-13(10-18-3)9-7-11-12(17(13)2)6-4-5-8-14(11,15)16/h11-12H,4-10,15-16H2,1-3H3. The van der Waals surface area contributed by atoms with Crippen molar-refractivity contribution in [1.29, 1.82) is 0 Å². The van der Waals surface area contributed by atoms with E-state index < -0.39 is 0 Å². The number of hydrogen-bond acceptors (Lipinski definition) is 3. The quantitative estimate of drug-likeness (QED) is 0.744. The molecule has 1 heterocycles. The first kappa shape index (κ1) is 14.4. The molecular weight excluding hydrogens is 223 g/mol. The lowest BCUT2D eigenvalue weighted by Crippen LogP contribution is -2.64. The summed E-state index contributed by atoms with van der Waals surface area (Å²) in [6, 6.07) is 0.636. The molecule has 1 aliphatic carbocycles. The highest BCUT2D eigenvalue weighted by molar-refractivity contribution is 6.15. The molecule has 2 rings (SSSR count). The topological polar surface area (TPSA) is 38.5 Å². The van der Waals surface area contributed by atoms with Gasteiger partial charge in [-0.3, -0.25) is 4.90 Å². The van der Waals surface area contributed by atoms with Crippen molar-refractivity contribution in [2.45, 2.75) is 62.5 Å². The highest BCUT2D eigenvalue weighted by Crippen LogP contribution is 2.42. The number of nitrogens with two attached hydrogens (primary N) is 1. The van der Waals surface area contributed by atoms with Gasteiger partial charge in [0.05, 0.1) is 6.61 Å². The summed E-state index contributed by atoms with van der Waals surface area (Å²) >= 11 is 0. The predicted molar refractivity (Wildman–Crippen MR) is 78.5 cm³/mol. The van der Waals surface area contributed by atoms with Crippen LogP contribution in [-0.4, -0.2) is 50.5 Å². The van der Waals surface area contributed by atoms with E-state index in [4.69, 9.17) is 10.5 Å². The molecule has 0 bridgehead atoms. The van der Waals surface area contributed by atoms with Crippen LogP contribution < -0.4 is 5.73 Å². The number of methoxy groups -OCH3 is 1. The van der Waals surface area contributed by atoms with Crippen molar-refractivity contribution in [1.82, 2.24) is 4.90 Å². The van der Waals surface area contributed by atoms with E-state index in [1.54, 1.807) is 0 Å². The van der Waals surface area contributed by atoms with E-state index in [2.05, 4.69) is 26.7 Å². The smallest absolute Gasteiger partial charge is 0.127 e. The van der Waals surface area contributed by atoms with Crippen LogP contribution in [0.3, 0.4) is 0 Å². The Bertz CT molecular complexity index is 298. The van der Waals surface area contributed by atoms with Crippen molar-refractivity contribution >= 4 is 7.85 Å². The molecule has 2 fully saturated rings. The first-order valence-corrected chi connectivity index (χ1v) is 7.41. The van der Waals surface area contributed by atoms with Gasteiger partial charge in [-0.05, 0) is 51.0 Å². The molecule has 4 unspecified atom stereocenters. The van der Waals surface area contributed by atoms with E-state index in [9.17, 15) is 0 Å². The first-order valence-electron chi connectivity index (χ1n) is 7.41. The number of likely N-dealkylation sites (tertiary alicyclic amines) is 1. The van der Waals surface area contributed by atoms with Crippen LogP contribution in [0, 0.1) is 5.92 Å². The van der Waals surface area contributed by atoms with Gasteiger partial charge in [0.15, 0.2) is 0 Å². The maximum Gasteiger partial charge on any atom is 0.127 e. The van der Waals surface area contributed by atoms with Gasteiger partial charge in [0.25, 0.3) is 0 Å². The number of fused-ring (bicyclic) bond motifs is 1. The van der Waals surface area contributed by atoms with Gasteiger partial charge in [-0.1, -0.05) is 12.8 Å². The fourth-order valence-electron chi connectivity index (χ4n) is 4.20. The Labute approximate surface area is 113 Å². The third-order valence-corrected chi connectivity index (χ3v) is 5.58. The fraction of sp³-hybridized carbons (Fsp3) is 1.00. The van der Waals surface area contributed by atoms with Crippen molar-refractivity contribution < 1.29 is 4.74 Å². The summed E-state index contributed by atoms with van der Waals surface area (Å²) in [5.41, 5.74) is 6.81. The summed E-state index contributed by atoms with van der Waals surface area (Å²) in [4.78, 5) is 2.57. The summed E-state index contributed by atoms with van der Waals surface area (Å²) in [5.74, 6) is 0.648. The SMILES string of the molecule is BC1(N)CCCCC2C1CCC(C)(COC)N2C. The number of hydrogen-bond donors (Lipinski definition) is 1. The normalized spacial score (nSPS) is 46.4. The minimum Gasteiger partial charge on any atom is -0.383 e. The second-order valence-corrected chi connectivity index (χ2v) is 7.00. The maximum atomic E-state index is 6.60. The summed E-state index contributed by atoms with van der Waals surface area (Å²) < 4.78 is 5.44. The molecule has 0 aromatic rings. The molecule has 1 saturated carbocycles. The summed E-state index contributed by atoms with van der Waals surface area (Å²) in [6.45, 7) is 3.17. The summed E-state index contributed by atoms with van der Waals surface area (Å²) in [6.07, 6.45) is 7.54. The molecule has 0 aromatic heterocycles. The molecule has 2 aliphatic rings. The van der Waals surface area contributed by atoms with Gasteiger partial charge in [-0.15, -0.1) is 0 Å². The molecule has 2 N–H and O–H groups in total. The Morgan fingerprint density at radius 3 is 2.72 bits per heavy atom. The number of likely N-dealkylation sites (N-methyl/N-ethyl adjacent to an activating group) is 1. The van der Waals surface area contributed by atoms with E-state index in [1.807, 2.05) is 7.11 Å². The zero-order valence-corrected chi connectivity index (χ0v) is 12.5. The van der Waals surface area contributed by atoms with Crippen LogP contribution in [-0.2, 0) is 4.74 Å². The fourth-order valence-corrected chi connectivity index (χ4v) is 4.20. The van der Waals surface area contributed by atoms with E-state index >= 15 is 0 Å². The zero-order valence-electron chi connectivity index (χ0n) is 12.5. The molecule has 0 amide bonds. The molecule has 18 heavy (non-hydrogen) atoms. The molecule has 1 saturated heterocycles. The van der Waals surface area contributed by atoms with E-state index in [0.29, 0.717) is 12.0 Å². The minimum atomic E-state index is 0.0177. The molecule has 0 spiro atoms. The van der Waals surface area contributed by atoms with Gasteiger partial charge in [0.2, 0.25) is 0 Å². The van der Waals surface area contributed by atoms with Gasteiger partial charge >= 0.3 is 0 Å². The van der Waals surface area contributed by atoms with E-state index in [1.165, 1.54) is 38.5 Å². The van der Waals surface area contributed by atoms with E-state index in [0.717, 1.165) is 6.61 Å². The van der Waals surface area contributed by atoms with Crippen molar-refractivity contribution in [3.05, 3.63) is 0 Å². The van der Waals surface area contributed by atoms with Crippen LogP contribution in [0.5, 0.6) is 0 Å². The van der Waals surface area contributed by atoms with Crippen LogP contribution in [0.25, 0.3) is 0 Å². The molecule has 3 nitrogen and oxygen atoms in total. The van der Waals surface area contributed by atoms with Crippen LogP contribution in [0.15, 0.2) is 0 Å². The number of ether oxygens (including phenoxy) is 1. The average molecular weight is 252 g/mol. The third-order valence-electron chi connectivity index (χ3n) is 5.58. The van der Waals surface area contributed by atoms with E-state index in [-0.39, 0.29) is 11.0 Å². The van der Waals surface area contributed by atoms with Gasteiger partial charge < -0.3 is 10.5 Å². The molecular formula is C14H29BN2O. The maximum absolute atomic E-state index is 6.60. The van der Waals surface area contributed by atoms with Gasteiger partial charge in [-0.2, -0.15) is 0 Å². The lowest BCUT2D eigenvalue weighted by atomic mass is 9.60. The highest BCUT2D eigenvalue weighted by Gasteiger charge is 2.47. The van der Waals surface area contributed by atoms with Gasteiger partial charge in [0.1, 0.15) is 7.85 Å². The third kappa shape index (κ3) is 2.47. The molecule has 4 heteroatoms. The number of piperidine rings is 1. The Morgan fingerprint density at radius 2 is 2.06 bits per heavy atom. The van der Waals surface area contributed by atoms with Crippen LogP contribution >= 0.6 is 0 Å². The minimum absolute atomic E-state index is 0.0177. The monoisotopic (exact) mass is 252 g/mol. The molecule has 0 aromatic carbocycles. The van der Waals surface area contributed by atoms with Crippen molar-refractivity contribution in [2.75, 3.05) is 20.8 Å². The summed E-state index contributed by atoms with van der Waals surface area (Å²) in [7, 11) is 6.35. The number of nitrogens with zero attached hydrogens (tertiary/aromatic N) is 1. The van der Waals surface area contributed by atoms with Crippen LogP contribution in [0.1, 0.15) is 45.4 Å². The zero-order chi connectivity index (χ0) is 13.4. The lowest BCUT2D eigenvalue weighted by Gasteiger charge is -2.54. The summed E-state index contributed by atoms with van der Waals surface area (Å²) in [5, 5.41) is 0. The highest BCUT2D eigenvalue weighted by atomic mass is 16.5. The Balaban J connectivity index is 2.20. The van der Waals surface area contributed by atoms with Crippen LogP contribution in [0.4, 0.5) is 0 Å². The Hall–Kier alpha value is -0.0551. The first-order chi connectivity index (χ1) is 8.41. The van der Waals surface area contributed by atoms with Crippen LogP contribution in [0.2, 0.25) is 0 Å². The molecule has 4 atom stereocenters. The largest absolute Gasteiger partial charge is 0.383 e. The van der Waals surface area contributed by atoms with Gasteiger partial charge in [-0.25, -0.2) is 0 Å². The number of rotatable bonds is 2. The van der Waals surface area contributed by atoms with Crippen molar-refractivity contribution in [3.63, 3.8) is 0 Å². The van der Waals surface area contributed by atoms with Gasteiger partial charge in [0, 0.05) is 18.7 Å². The second kappa shape index (κ2) is 5.14. The molecule has 1 aliphatic heterocycles. The van der Waals surface area contributed by atoms with Crippen molar-refractivity contribution in [2.24, 2.45) is 11.7 Å². The Kier molecular flexibility index (Phi) is 4.10. The van der Waals surface area contributed by atoms with Crippen molar-refractivity contribution in [3.8, 4) is 0 Å².